The van der Waals surface area contributed by atoms with E-state index in [-0.39, 0.29) is 0 Å². The molecule has 2 heteroatoms. The highest BCUT2D eigenvalue weighted by Crippen LogP contribution is 2.36. The highest BCUT2D eigenvalue weighted by atomic mass is 16.3. The number of fused-ring (bicyclic) bond motifs is 1. The summed E-state index contributed by atoms with van der Waals surface area (Å²) in [6, 6.07) is 6.96. The maximum atomic E-state index is 9.38. The summed E-state index contributed by atoms with van der Waals surface area (Å²) in [6.45, 7) is 2.27. The van der Waals surface area contributed by atoms with Crippen LogP contribution in [-0.4, -0.2) is 11.3 Å². The fraction of sp³-hybridized carbons (Fsp3) is 0.684. The smallest absolute Gasteiger partial charge is 0.103 e. The first-order chi connectivity index (χ1) is 10.2. The van der Waals surface area contributed by atoms with Gasteiger partial charge in [0.15, 0.2) is 0 Å². The van der Waals surface area contributed by atoms with Crippen molar-refractivity contribution in [3.8, 4) is 0 Å². The van der Waals surface area contributed by atoms with Crippen molar-refractivity contribution in [3.63, 3.8) is 0 Å². The summed E-state index contributed by atoms with van der Waals surface area (Å²) in [6.07, 6.45) is 11.7. The number of aliphatic hydroxyl groups is 1. The van der Waals surface area contributed by atoms with Crippen LogP contribution in [0, 0.1) is 0 Å². The van der Waals surface area contributed by atoms with E-state index in [2.05, 4.69) is 25.1 Å². The van der Waals surface area contributed by atoms with Crippen LogP contribution in [0.3, 0.4) is 0 Å². The minimum atomic E-state index is -0.677. The SMILES string of the molecule is CCCCCCCCc1ccc2c(c1)CC[C@@H]2C[C@@H](N)O. The van der Waals surface area contributed by atoms with Crippen LogP contribution >= 0.6 is 0 Å². The lowest BCUT2D eigenvalue weighted by Crippen LogP contribution is -2.21. The second-order valence-corrected chi connectivity index (χ2v) is 6.59. The first-order valence-electron chi connectivity index (χ1n) is 8.76. The van der Waals surface area contributed by atoms with Crippen molar-refractivity contribution in [2.45, 2.75) is 83.3 Å². The molecule has 1 aromatic rings. The maximum Gasteiger partial charge on any atom is 0.103 e. The molecule has 0 heterocycles. The molecule has 0 spiro atoms. The minimum absolute atomic E-state index is 0.461. The highest BCUT2D eigenvalue weighted by molar-refractivity contribution is 5.38. The van der Waals surface area contributed by atoms with E-state index in [1.165, 1.54) is 61.6 Å². The molecule has 2 nitrogen and oxygen atoms in total. The van der Waals surface area contributed by atoms with Crippen molar-refractivity contribution in [1.29, 1.82) is 0 Å². The Kier molecular flexibility index (Phi) is 6.72. The molecule has 1 aliphatic carbocycles. The summed E-state index contributed by atoms with van der Waals surface area (Å²) in [5.74, 6) is 0.461. The summed E-state index contributed by atoms with van der Waals surface area (Å²) in [7, 11) is 0. The van der Waals surface area contributed by atoms with E-state index in [1.54, 1.807) is 0 Å². The summed E-state index contributed by atoms with van der Waals surface area (Å²) in [5.41, 5.74) is 9.93. The number of aryl methyl sites for hydroxylation is 2. The van der Waals surface area contributed by atoms with Gasteiger partial charge in [0.25, 0.3) is 0 Å². The first kappa shape index (κ1) is 16.5. The van der Waals surface area contributed by atoms with Crippen LogP contribution in [0.5, 0.6) is 0 Å². The molecule has 2 rings (SSSR count). The lowest BCUT2D eigenvalue weighted by molar-refractivity contribution is 0.162. The van der Waals surface area contributed by atoms with Crippen molar-refractivity contribution >= 4 is 0 Å². The van der Waals surface area contributed by atoms with Crippen LogP contribution in [0.2, 0.25) is 0 Å². The van der Waals surface area contributed by atoms with Crippen molar-refractivity contribution < 1.29 is 5.11 Å². The molecule has 1 aromatic carbocycles. The van der Waals surface area contributed by atoms with E-state index < -0.39 is 6.23 Å². The van der Waals surface area contributed by atoms with Crippen LogP contribution < -0.4 is 5.73 Å². The Morgan fingerprint density at radius 2 is 1.95 bits per heavy atom. The Morgan fingerprint density at radius 1 is 1.19 bits per heavy atom. The van der Waals surface area contributed by atoms with Gasteiger partial charge in [0.2, 0.25) is 0 Å². The molecule has 3 N–H and O–H groups in total. The van der Waals surface area contributed by atoms with Crippen LogP contribution in [0.15, 0.2) is 18.2 Å². The molecule has 2 atom stereocenters. The average Bonchev–Trinajstić information content (AvgIpc) is 2.84. The van der Waals surface area contributed by atoms with Gasteiger partial charge in [-0.05, 0) is 54.7 Å². The van der Waals surface area contributed by atoms with Gasteiger partial charge in [0.05, 0.1) is 0 Å². The number of unbranched alkanes of at least 4 members (excludes halogenated alkanes) is 5. The second-order valence-electron chi connectivity index (χ2n) is 6.59. The monoisotopic (exact) mass is 289 g/mol. The quantitative estimate of drug-likeness (QED) is 0.526. The zero-order chi connectivity index (χ0) is 15.1. The lowest BCUT2D eigenvalue weighted by Gasteiger charge is -2.13. The zero-order valence-corrected chi connectivity index (χ0v) is 13.5. The van der Waals surface area contributed by atoms with E-state index in [0.717, 1.165) is 12.8 Å². The normalized spacial score (nSPS) is 18.7. The topological polar surface area (TPSA) is 46.2 Å². The standard InChI is InChI=1S/C19H31NO/c1-2-3-4-5-6-7-8-15-9-12-18-16(13-15)10-11-17(18)14-19(20)21/h9,12-13,17,19,21H,2-8,10-11,14,20H2,1H3/t17-,19+/m1/s1. The lowest BCUT2D eigenvalue weighted by atomic mass is 9.95. The zero-order valence-electron chi connectivity index (χ0n) is 13.5. The van der Waals surface area contributed by atoms with Crippen LogP contribution in [0.1, 0.15) is 80.9 Å². The van der Waals surface area contributed by atoms with Crippen molar-refractivity contribution in [2.24, 2.45) is 5.73 Å². The van der Waals surface area contributed by atoms with Gasteiger partial charge >= 0.3 is 0 Å². The van der Waals surface area contributed by atoms with Crippen molar-refractivity contribution in [1.82, 2.24) is 0 Å². The molecule has 118 valence electrons. The molecule has 1 aliphatic rings. The number of hydrogen-bond acceptors (Lipinski definition) is 2. The number of rotatable bonds is 9. The van der Waals surface area contributed by atoms with E-state index in [0.29, 0.717) is 12.3 Å². The fourth-order valence-electron chi connectivity index (χ4n) is 3.56. The summed E-state index contributed by atoms with van der Waals surface area (Å²) >= 11 is 0. The number of hydrogen-bond donors (Lipinski definition) is 2. The van der Waals surface area contributed by atoms with E-state index >= 15 is 0 Å². The summed E-state index contributed by atoms with van der Waals surface area (Å²) in [5, 5.41) is 9.38. The third kappa shape index (κ3) is 5.12. The number of benzene rings is 1. The number of nitrogens with two attached hydrogens (primary N) is 1. The molecule has 0 saturated carbocycles. The molecule has 21 heavy (non-hydrogen) atoms. The fourth-order valence-corrected chi connectivity index (χ4v) is 3.56. The Bertz CT molecular complexity index is 428. The molecule has 0 aromatic heterocycles. The van der Waals surface area contributed by atoms with Gasteiger partial charge in [-0.3, -0.25) is 0 Å². The average molecular weight is 289 g/mol. The second kappa shape index (κ2) is 8.55. The third-order valence-corrected chi connectivity index (χ3v) is 4.75. The Morgan fingerprint density at radius 3 is 2.71 bits per heavy atom. The Labute approximate surface area is 129 Å². The van der Waals surface area contributed by atoms with Gasteiger partial charge in [-0.2, -0.15) is 0 Å². The molecule has 0 bridgehead atoms. The van der Waals surface area contributed by atoms with Gasteiger partial charge in [0.1, 0.15) is 6.23 Å². The van der Waals surface area contributed by atoms with E-state index in [4.69, 9.17) is 5.73 Å². The Balaban J connectivity index is 1.79. The third-order valence-electron chi connectivity index (χ3n) is 4.75. The molecular formula is C19H31NO. The van der Waals surface area contributed by atoms with E-state index in [1.807, 2.05) is 0 Å². The van der Waals surface area contributed by atoms with Gasteiger partial charge in [-0.15, -0.1) is 0 Å². The first-order valence-corrected chi connectivity index (χ1v) is 8.76. The van der Waals surface area contributed by atoms with Crippen LogP contribution in [-0.2, 0) is 12.8 Å². The predicted octanol–water partition coefficient (Wildman–Crippen LogP) is 4.29. The highest BCUT2D eigenvalue weighted by Gasteiger charge is 2.23. The molecular weight excluding hydrogens is 258 g/mol. The predicted molar refractivity (Wildman–Crippen MR) is 89.4 cm³/mol. The summed E-state index contributed by atoms with van der Waals surface area (Å²) < 4.78 is 0. The van der Waals surface area contributed by atoms with Crippen molar-refractivity contribution in [2.75, 3.05) is 0 Å². The molecule has 0 amide bonds. The Hall–Kier alpha value is -0.860. The maximum absolute atomic E-state index is 9.38. The largest absolute Gasteiger partial charge is 0.379 e. The van der Waals surface area contributed by atoms with Crippen LogP contribution in [0.4, 0.5) is 0 Å². The van der Waals surface area contributed by atoms with Crippen molar-refractivity contribution in [3.05, 3.63) is 34.9 Å². The van der Waals surface area contributed by atoms with Gasteiger partial charge < -0.3 is 10.8 Å². The van der Waals surface area contributed by atoms with Gasteiger partial charge in [0, 0.05) is 0 Å². The molecule has 0 unspecified atom stereocenters. The molecule has 0 saturated heterocycles. The minimum Gasteiger partial charge on any atom is -0.379 e. The van der Waals surface area contributed by atoms with Gasteiger partial charge in [-0.25, -0.2) is 0 Å². The molecule has 0 radical (unpaired) electrons. The van der Waals surface area contributed by atoms with Crippen LogP contribution in [0.25, 0.3) is 0 Å². The number of aliphatic hydroxyl groups excluding tert-OH is 1. The van der Waals surface area contributed by atoms with Gasteiger partial charge in [-0.1, -0.05) is 57.2 Å². The summed E-state index contributed by atoms with van der Waals surface area (Å²) in [4.78, 5) is 0. The molecule has 0 fully saturated rings. The molecule has 0 aliphatic heterocycles. The van der Waals surface area contributed by atoms with E-state index in [9.17, 15) is 5.11 Å².